The molecule has 0 saturated carbocycles. The van der Waals surface area contributed by atoms with E-state index in [1.54, 1.807) is 0 Å². The fourth-order valence-corrected chi connectivity index (χ4v) is 2.39. The summed E-state index contributed by atoms with van der Waals surface area (Å²) in [5.74, 6) is -0.234. The van der Waals surface area contributed by atoms with Crippen molar-refractivity contribution in [2.24, 2.45) is 0 Å². The molecule has 0 radical (unpaired) electrons. The molecule has 4 nitrogen and oxygen atoms in total. The van der Waals surface area contributed by atoms with Gasteiger partial charge in [0.1, 0.15) is 0 Å². The van der Waals surface area contributed by atoms with Crippen molar-refractivity contribution in [3.8, 4) is 0 Å². The highest BCUT2D eigenvalue weighted by atomic mass is 16.5. The van der Waals surface area contributed by atoms with Crippen molar-refractivity contribution in [1.82, 2.24) is 5.32 Å². The third kappa shape index (κ3) is 3.70. The van der Waals surface area contributed by atoms with Crippen molar-refractivity contribution in [3.05, 3.63) is 29.8 Å². The van der Waals surface area contributed by atoms with Crippen LogP contribution in [0, 0.1) is 0 Å². The number of carbonyl (C=O) groups is 1. The van der Waals surface area contributed by atoms with Crippen LogP contribution in [0.1, 0.15) is 31.4 Å². The molecular weight excluding hydrogens is 240 g/mol. The van der Waals surface area contributed by atoms with Crippen LogP contribution in [0.15, 0.2) is 24.3 Å². The highest BCUT2D eigenvalue weighted by Crippen LogP contribution is 2.23. The first kappa shape index (κ1) is 13.9. The lowest BCUT2D eigenvalue weighted by Gasteiger charge is -2.20. The average Bonchev–Trinajstić information content (AvgIpc) is 2.98. The molecule has 2 rings (SSSR count). The molecule has 0 aliphatic carbocycles. The van der Waals surface area contributed by atoms with E-state index >= 15 is 0 Å². The molecule has 104 valence electrons. The monoisotopic (exact) mass is 262 g/mol. The summed E-state index contributed by atoms with van der Waals surface area (Å²) >= 11 is 0. The molecule has 1 saturated heterocycles. The molecule has 1 N–H and O–H groups in total. The molecule has 1 aromatic carbocycles. The minimum Gasteiger partial charge on any atom is -0.468 e. The lowest BCUT2D eigenvalue weighted by molar-refractivity contribution is -0.139. The number of ether oxygens (including phenoxy) is 1. The van der Waals surface area contributed by atoms with E-state index in [9.17, 15) is 4.79 Å². The van der Waals surface area contributed by atoms with Crippen molar-refractivity contribution >= 4 is 11.7 Å². The van der Waals surface area contributed by atoms with Crippen molar-refractivity contribution < 1.29 is 9.53 Å². The van der Waals surface area contributed by atoms with E-state index < -0.39 is 0 Å². The Hall–Kier alpha value is -1.55. The van der Waals surface area contributed by atoms with Crippen LogP contribution in [-0.2, 0) is 9.53 Å². The molecule has 1 aliphatic rings. The third-order valence-electron chi connectivity index (χ3n) is 3.62. The molecule has 1 heterocycles. The van der Waals surface area contributed by atoms with Crippen LogP contribution in [0.5, 0.6) is 0 Å². The van der Waals surface area contributed by atoms with Crippen LogP contribution < -0.4 is 10.2 Å². The lowest BCUT2D eigenvalue weighted by atomic mass is 10.1. The lowest BCUT2D eigenvalue weighted by Crippen LogP contribution is -2.27. The minimum absolute atomic E-state index is 0.140. The second-order valence-corrected chi connectivity index (χ2v) is 4.97. The van der Waals surface area contributed by atoms with E-state index in [0.29, 0.717) is 0 Å². The van der Waals surface area contributed by atoms with Gasteiger partial charge < -0.3 is 15.0 Å². The van der Waals surface area contributed by atoms with Gasteiger partial charge in [0, 0.05) is 24.8 Å². The van der Waals surface area contributed by atoms with Gasteiger partial charge in [-0.15, -0.1) is 0 Å². The Kier molecular flexibility index (Phi) is 4.80. The van der Waals surface area contributed by atoms with Crippen molar-refractivity contribution in [3.63, 3.8) is 0 Å². The Balaban J connectivity index is 1.99. The first-order valence-electron chi connectivity index (χ1n) is 6.86. The first-order valence-corrected chi connectivity index (χ1v) is 6.86. The molecule has 0 unspecified atom stereocenters. The smallest absolute Gasteiger partial charge is 0.319 e. The number of carbonyl (C=O) groups excluding carboxylic acids is 1. The molecule has 19 heavy (non-hydrogen) atoms. The molecule has 1 aromatic rings. The highest BCUT2D eigenvalue weighted by molar-refractivity contribution is 5.71. The van der Waals surface area contributed by atoms with Crippen LogP contribution in [0.4, 0.5) is 5.69 Å². The molecule has 0 bridgehead atoms. The Morgan fingerprint density at radius 2 is 2.16 bits per heavy atom. The quantitative estimate of drug-likeness (QED) is 0.825. The second kappa shape index (κ2) is 6.57. The van der Waals surface area contributed by atoms with Gasteiger partial charge in [-0.3, -0.25) is 4.79 Å². The van der Waals surface area contributed by atoms with E-state index in [1.165, 1.54) is 31.2 Å². The molecule has 0 aromatic heterocycles. The summed E-state index contributed by atoms with van der Waals surface area (Å²) in [4.78, 5) is 13.5. The van der Waals surface area contributed by atoms with Gasteiger partial charge in [0.05, 0.1) is 13.7 Å². The van der Waals surface area contributed by atoms with Crippen molar-refractivity contribution in [1.29, 1.82) is 0 Å². The maximum Gasteiger partial charge on any atom is 0.319 e. The molecule has 1 atom stereocenters. The van der Waals surface area contributed by atoms with Crippen LogP contribution in [0.2, 0.25) is 0 Å². The fraction of sp³-hybridized carbons (Fsp3) is 0.533. The summed E-state index contributed by atoms with van der Waals surface area (Å²) in [6.07, 6.45) is 2.56. The molecule has 1 fully saturated rings. The summed E-state index contributed by atoms with van der Waals surface area (Å²) in [6, 6.07) is 8.68. The number of nitrogens with zero attached hydrogens (tertiary/aromatic N) is 1. The predicted octanol–water partition coefficient (Wildman–Crippen LogP) is 2.11. The zero-order valence-electron chi connectivity index (χ0n) is 11.7. The van der Waals surface area contributed by atoms with E-state index in [1.807, 2.05) is 0 Å². The van der Waals surface area contributed by atoms with Gasteiger partial charge in [0.15, 0.2) is 0 Å². The standard InChI is InChI=1S/C15H22N2O2/c1-12(16-11-15(18)19-2)13-6-5-7-14(10-13)17-8-3-4-9-17/h5-7,10,12,16H,3-4,8-9,11H2,1-2H3/t12-/m0/s1. The fourth-order valence-electron chi connectivity index (χ4n) is 2.39. The van der Waals surface area contributed by atoms with Gasteiger partial charge in [-0.2, -0.15) is 0 Å². The second-order valence-electron chi connectivity index (χ2n) is 4.97. The van der Waals surface area contributed by atoms with E-state index in [0.717, 1.165) is 13.1 Å². The molecule has 1 aliphatic heterocycles. The van der Waals surface area contributed by atoms with Crippen LogP contribution >= 0.6 is 0 Å². The van der Waals surface area contributed by atoms with Gasteiger partial charge >= 0.3 is 5.97 Å². The first-order chi connectivity index (χ1) is 9.20. The minimum atomic E-state index is -0.234. The number of hydrogen-bond acceptors (Lipinski definition) is 4. The Morgan fingerprint density at radius 3 is 2.84 bits per heavy atom. The summed E-state index contributed by atoms with van der Waals surface area (Å²) in [7, 11) is 1.41. The summed E-state index contributed by atoms with van der Waals surface area (Å²) in [5.41, 5.74) is 2.48. The van der Waals surface area contributed by atoms with Gasteiger partial charge in [-0.05, 0) is 37.5 Å². The zero-order chi connectivity index (χ0) is 13.7. The molecule has 0 spiro atoms. The Labute approximate surface area is 114 Å². The van der Waals surface area contributed by atoms with E-state index in [2.05, 4.69) is 46.1 Å². The number of hydrogen-bond donors (Lipinski definition) is 1. The predicted molar refractivity (Wildman–Crippen MR) is 76.3 cm³/mol. The highest BCUT2D eigenvalue weighted by Gasteiger charge is 2.14. The maximum absolute atomic E-state index is 11.1. The molecular formula is C15H22N2O2. The van der Waals surface area contributed by atoms with Gasteiger partial charge in [-0.1, -0.05) is 12.1 Å². The number of rotatable bonds is 5. The van der Waals surface area contributed by atoms with Crippen LogP contribution in [0.25, 0.3) is 0 Å². The number of esters is 1. The van der Waals surface area contributed by atoms with Gasteiger partial charge in [0.2, 0.25) is 0 Å². The van der Waals surface area contributed by atoms with Crippen LogP contribution in [0.3, 0.4) is 0 Å². The summed E-state index contributed by atoms with van der Waals surface area (Å²) < 4.78 is 4.63. The number of nitrogens with one attached hydrogen (secondary N) is 1. The molecule has 0 amide bonds. The van der Waals surface area contributed by atoms with Crippen molar-refractivity contribution in [2.45, 2.75) is 25.8 Å². The van der Waals surface area contributed by atoms with Gasteiger partial charge in [-0.25, -0.2) is 0 Å². The summed E-state index contributed by atoms with van der Waals surface area (Å²) in [5, 5.41) is 3.17. The Morgan fingerprint density at radius 1 is 1.42 bits per heavy atom. The summed E-state index contributed by atoms with van der Waals surface area (Å²) in [6.45, 7) is 4.60. The largest absolute Gasteiger partial charge is 0.468 e. The Bertz CT molecular complexity index is 428. The number of methoxy groups -OCH3 is 1. The zero-order valence-corrected chi connectivity index (χ0v) is 11.7. The molecule has 4 heteroatoms. The van der Waals surface area contributed by atoms with Gasteiger partial charge in [0.25, 0.3) is 0 Å². The number of benzene rings is 1. The van der Waals surface area contributed by atoms with E-state index in [4.69, 9.17) is 0 Å². The van der Waals surface area contributed by atoms with E-state index in [-0.39, 0.29) is 18.6 Å². The maximum atomic E-state index is 11.1. The number of anilines is 1. The van der Waals surface area contributed by atoms with Crippen LogP contribution in [-0.4, -0.2) is 32.7 Å². The average molecular weight is 262 g/mol. The third-order valence-corrected chi connectivity index (χ3v) is 3.62. The normalized spacial score (nSPS) is 16.4. The van der Waals surface area contributed by atoms with Crippen molar-refractivity contribution in [2.75, 3.05) is 31.6 Å². The SMILES string of the molecule is COC(=O)CN[C@@H](C)c1cccc(N2CCCC2)c1. The topological polar surface area (TPSA) is 41.6 Å².